The van der Waals surface area contributed by atoms with E-state index in [1.807, 2.05) is 20.9 Å². The van der Waals surface area contributed by atoms with Crippen LogP contribution in [0.1, 0.15) is 23.4 Å². The molecular formula is C12H19N3O2. The Labute approximate surface area is 101 Å². The summed E-state index contributed by atoms with van der Waals surface area (Å²) >= 11 is 0. The van der Waals surface area contributed by atoms with Crippen molar-refractivity contribution >= 4 is 5.91 Å². The second kappa shape index (κ2) is 4.49. The fourth-order valence-corrected chi connectivity index (χ4v) is 2.30. The van der Waals surface area contributed by atoms with Crippen LogP contribution in [0.15, 0.2) is 0 Å². The van der Waals surface area contributed by atoms with E-state index >= 15 is 0 Å². The minimum absolute atomic E-state index is 0.0840. The second-order valence-electron chi connectivity index (χ2n) is 4.73. The first-order chi connectivity index (χ1) is 7.99. The van der Waals surface area contributed by atoms with E-state index in [0.717, 1.165) is 17.0 Å². The van der Waals surface area contributed by atoms with Crippen molar-refractivity contribution in [2.75, 3.05) is 13.1 Å². The lowest BCUT2D eigenvalue weighted by Crippen LogP contribution is -2.31. The number of aliphatic hydroxyl groups excluding tert-OH is 1. The summed E-state index contributed by atoms with van der Waals surface area (Å²) in [6.07, 6.45) is 0.727. The largest absolute Gasteiger partial charge is 0.391 e. The smallest absolute Gasteiger partial charge is 0.227 e. The minimum Gasteiger partial charge on any atom is -0.391 e. The Bertz CT molecular complexity index is 439. The molecule has 1 amide bonds. The lowest BCUT2D eigenvalue weighted by Gasteiger charge is -2.15. The topological polar surface area (TPSA) is 58.4 Å². The molecule has 1 N–H and O–H groups in total. The van der Waals surface area contributed by atoms with E-state index in [1.54, 1.807) is 9.58 Å². The number of β-amino-alcohol motifs (C(OH)–C–C–N with tert-alkyl or cyclic N) is 1. The maximum absolute atomic E-state index is 12.1. The molecule has 0 saturated carbocycles. The van der Waals surface area contributed by atoms with Gasteiger partial charge in [0.25, 0.3) is 0 Å². The summed E-state index contributed by atoms with van der Waals surface area (Å²) in [5.41, 5.74) is 2.97. The van der Waals surface area contributed by atoms with Crippen LogP contribution in [0.4, 0.5) is 0 Å². The van der Waals surface area contributed by atoms with Crippen molar-refractivity contribution in [2.45, 2.75) is 32.8 Å². The first-order valence-electron chi connectivity index (χ1n) is 5.94. The van der Waals surface area contributed by atoms with Gasteiger partial charge in [-0.25, -0.2) is 0 Å². The summed E-state index contributed by atoms with van der Waals surface area (Å²) in [6.45, 7) is 5.03. The molecule has 1 aromatic rings. The SMILES string of the molecule is Cc1nn(C)c(C)c1CC(=O)N1CC[C@H](O)C1. The van der Waals surface area contributed by atoms with Crippen molar-refractivity contribution in [1.29, 1.82) is 0 Å². The summed E-state index contributed by atoms with van der Waals surface area (Å²) in [4.78, 5) is 13.8. The normalized spacial score (nSPS) is 20.0. The number of aliphatic hydroxyl groups is 1. The summed E-state index contributed by atoms with van der Waals surface area (Å²) in [6, 6.07) is 0. The van der Waals surface area contributed by atoms with Crippen LogP contribution in [0.3, 0.4) is 0 Å². The number of hydrogen-bond acceptors (Lipinski definition) is 3. The highest BCUT2D eigenvalue weighted by molar-refractivity contribution is 5.79. The average Bonchev–Trinajstić information content (AvgIpc) is 2.79. The Morgan fingerprint density at radius 1 is 1.53 bits per heavy atom. The van der Waals surface area contributed by atoms with Crippen molar-refractivity contribution in [3.05, 3.63) is 17.0 Å². The zero-order valence-corrected chi connectivity index (χ0v) is 10.6. The van der Waals surface area contributed by atoms with E-state index in [1.165, 1.54) is 0 Å². The Hall–Kier alpha value is -1.36. The molecule has 1 aliphatic rings. The van der Waals surface area contributed by atoms with Crippen LogP contribution in [0.5, 0.6) is 0 Å². The number of aromatic nitrogens is 2. The molecule has 94 valence electrons. The number of hydrogen-bond donors (Lipinski definition) is 1. The highest BCUT2D eigenvalue weighted by Gasteiger charge is 2.25. The summed E-state index contributed by atoms with van der Waals surface area (Å²) in [5.74, 6) is 0.0840. The van der Waals surface area contributed by atoms with E-state index in [2.05, 4.69) is 5.10 Å². The van der Waals surface area contributed by atoms with Gasteiger partial charge in [0, 0.05) is 31.4 Å². The Kier molecular flexibility index (Phi) is 3.19. The molecule has 5 heteroatoms. The zero-order chi connectivity index (χ0) is 12.6. The number of nitrogens with zero attached hydrogens (tertiary/aromatic N) is 3. The maximum Gasteiger partial charge on any atom is 0.227 e. The predicted molar refractivity (Wildman–Crippen MR) is 63.6 cm³/mol. The Balaban J connectivity index is 2.08. The van der Waals surface area contributed by atoms with Crippen LogP contribution in [-0.2, 0) is 18.3 Å². The molecule has 1 aliphatic heterocycles. The number of rotatable bonds is 2. The van der Waals surface area contributed by atoms with Gasteiger partial charge in [0.2, 0.25) is 5.91 Å². The molecule has 0 unspecified atom stereocenters. The van der Waals surface area contributed by atoms with Crippen molar-refractivity contribution in [1.82, 2.24) is 14.7 Å². The molecular weight excluding hydrogens is 218 g/mol. The van der Waals surface area contributed by atoms with Crippen LogP contribution in [0.2, 0.25) is 0 Å². The third kappa shape index (κ3) is 2.34. The molecule has 0 radical (unpaired) electrons. The van der Waals surface area contributed by atoms with E-state index in [9.17, 15) is 9.90 Å². The molecule has 0 bridgehead atoms. The summed E-state index contributed by atoms with van der Waals surface area (Å²) in [7, 11) is 1.88. The number of aryl methyl sites for hydroxylation is 2. The Morgan fingerprint density at radius 3 is 2.71 bits per heavy atom. The zero-order valence-electron chi connectivity index (χ0n) is 10.6. The van der Waals surface area contributed by atoms with Gasteiger partial charge in [-0.3, -0.25) is 9.48 Å². The molecule has 1 saturated heterocycles. The molecule has 17 heavy (non-hydrogen) atoms. The van der Waals surface area contributed by atoms with Gasteiger partial charge in [-0.05, 0) is 20.3 Å². The quantitative estimate of drug-likeness (QED) is 0.798. The van der Waals surface area contributed by atoms with Gasteiger partial charge in [0.1, 0.15) is 0 Å². The fourth-order valence-electron chi connectivity index (χ4n) is 2.30. The molecule has 2 heterocycles. The minimum atomic E-state index is -0.352. The van der Waals surface area contributed by atoms with Gasteiger partial charge in [-0.2, -0.15) is 5.10 Å². The third-order valence-electron chi connectivity index (χ3n) is 3.50. The van der Waals surface area contributed by atoms with Crippen LogP contribution >= 0.6 is 0 Å². The lowest BCUT2D eigenvalue weighted by atomic mass is 10.1. The first-order valence-corrected chi connectivity index (χ1v) is 5.94. The van der Waals surface area contributed by atoms with Crippen molar-refractivity contribution in [3.8, 4) is 0 Å². The predicted octanol–water partition coefficient (Wildman–Crippen LogP) is 0.173. The van der Waals surface area contributed by atoms with Gasteiger partial charge in [-0.15, -0.1) is 0 Å². The number of carbonyl (C=O) groups is 1. The van der Waals surface area contributed by atoms with Gasteiger partial charge in [0.15, 0.2) is 0 Å². The molecule has 0 aliphatic carbocycles. The van der Waals surface area contributed by atoms with E-state index < -0.39 is 0 Å². The molecule has 2 rings (SSSR count). The first kappa shape index (κ1) is 12.1. The van der Waals surface area contributed by atoms with Gasteiger partial charge >= 0.3 is 0 Å². The van der Waals surface area contributed by atoms with Crippen LogP contribution < -0.4 is 0 Å². The van der Waals surface area contributed by atoms with Crippen molar-refractivity contribution < 1.29 is 9.90 Å². The molecule has 1 atom stereocenters. The van der Waals surface area contributed by atoms with E-state index in [0.29, 0.717) is 25.9 Å². The summed E-state index contributed by atoms with van der Waals surface area (Å²) in [5, 5.41) is 13.7. The molecule has 1 fully saturated rings. The highest BCUT2D eigenvalue weighted by atomic mass is 16.3. The lowest BCUT2D eigenvalue weighted by molar-refractivity contribution is -0.129. The molecule has 1 aromatic heterocycles. The number of likely N-dealkylation sites (tertiary alicyclic amines) is 1. The average molecular weight is 237 g/mol. The van der Waals surface area contributed by atoms with Crippen LogP contribution in [-0.4, -0.2) is 44.9 Å². The van der Waals surface area contributed by atoms with E-state index in [-0.39, 0.29) is 12.0 Å². The highest BCUT2D eigenvalue weighted by Crippen LogP contribution is 2.16. The monoisotopic (exact) mass is 237 g/mol. The van der Waals surface area contributed by atoms with Crippen molar-refractivity contribution in [2.24, 2.45) is 7.05 Å². The molecule has 0 aromatic carbocycles. The molecule has 5 nitrogen and oxygen atoms in total. The maximum atomic E-state index is 12.1. The standard InChI is InChI=1S/C12H19N3O2/c1-8-11(9(2)14(3)13-8)6-12(17)15-5-4-10(16)7-15/h10,16H,4-7H2,1-3H3/t10-/m0/s1. The van der Waals surface area contributed by atoms with Gasteiger partial charge in [0.05, 0.1) is 18.2 Å². The van der Waals surface area contributed by atoms with Crippen LogP contribution in [0, 0.1) is 13.8 Å². The van der Waals surface area contributed by atoms with Crippen molar-refractivity contribution in [3.63, 3.8) is 0 Å². The third-order valence-corrected chi connectivity index (χ3v) is 3.50. The second-order valence-corrected chi connectivity index (χ2v) is 4.73. The number of amides is 1. The summed E-state index contributed by atoms with van der Waals surface area (Å²) < 4.78 is 1.80. The fraction of sp³-hybridized carbons (Fsp3) is 0.667. The van der Waals surface area contributed by atoms with E-state index in [4.69, 9.17) is 0 Å². The van der Waals surface area contributed by atoms with Gasteiger partial charge in [-0.1, -0.05) is 0 Å². The van der Waals surface area contributed by atoms with Crippen LogP contribution in [0.25, 0.3) is 0 Å². The molecule has 0 spiro atoms. The van der Waals surface area contributed by atoms with Gasteiger partial charge < -0.3 is 10.0 Å². The Morgan fingerprint density at radius 2 is 2.24 bits per heavy atom. The number of carbonyl (C=O) groups excluding carboxylic acids is 1.